The van der Waals surface area contributed by atoms with Crippen LogP contribution in [0.25, 0.3) is 10.9 Å². The summed E-state index contributed by atoms with van der Waals surface area (Å²) in [6.07, 6.45) is 0.0726. The Hall–Kier alpha value is -1.65. The summed E-state index contributed by atoms with van der Waals surface area (Å²) in [5, 5.41) is 16.4. The second-order valence-electron chi connectivity index (χ2n) is 5.37. The molecule has 0 bridgehead atoms. The minimum absolute atomic E-state index is 0.487. The minimum atomic E-state index is -0.487. The molecule has 1 aromatic carbocycles. The second kappa shape index (κ2) is 5.62. The number of hydrogen-bond donors (Lipinski definition) is 1. The fourth-order valence-corrected chi connectivity index (χ4v) is 3.84. The number of benzene rings is 1. The third kappa shape index (κ3) is 2.61. The van der Waals surface area contributed by atoms with Crippen molar-refractivity contribution in [3.8, 4) is 0 Å². The average molecular weight is 300 g/mol. The summed E-state index contributed by atoms with van der Waals surface area (Å²) in [6, 6.07) is 10.3. The van der Waals surface area contributed by atoms with Gasteiger partial charge in [0.05, 0.1) is 17.3 Å². The highest BCUT2D eigenvalue weighted by atomic mass is 32.1. The molecule has 0 amide bonds. The van der Waals surface area contributed by atoms with Gasteiger partial charge < -0.3 is 5.11 Å². The van der Waals surface area contributed by atoms with E-state index in [0.717, 1.165) is 28.7 Å². The SMILES string of the molecule is CCn1nc(CC(O)c2cc(C)sc2C)c2ccccc21. The maximum Gasteiger partial charge on any atom is 0.0857 e. The number of fused-ring (bicyclic) bond motifs is 1. The van der Waals surface area contributed by atoms with Gasteiger partial charge in [0.15, 0.2) is 0 Å². The molecule has 1 atom stereocenters. The van der Waals surface area contributed by atoms with E-state index >= 15 is 0 Å². The maximum absolute atomic E-state index is 10.6. The molecule has 3 rings (SSSR count). The van der Waals surface area contributed by atoms with E-state index in [9.17, 15) is 5.11 Å². The van der Waals surface area contributed by atoms with Crippen LogP contribution < -0.4 is 0 Å². The van der Waals surface area contributed by atoms with Gasteiger partial charge in [0.1, 0.15) is 0 Å². The summed E-state index contributed by atoms with van der Waals surface area (Å²) >= 11 is 1.74. The van der Waals surface area contributed by atoms with Gasteiger partial charge in [-0.3, -0.25) is 4.68 Å². The first kappa shape index (κ1) is 14.3. The van der Waals surface area contributed by atoms with Crippen LogP contribution in [0.3, 0.4) is 0 Å². The van der Waals surface area contributed by atoms with E-state index in [4.69, 9.17) is 0 Å². The van der Waals surface area contributed by atoms with Crippen molar-refractivity contribution in [3.05, 3.63) is 51.3 Å². The van der Waals surface area contributed by atoms with Gasteiger partial charge in [0, 0.05) is 28.1 Å². The van der Waals surface area contributed by atoms with Gasteiger partial charge in [-0.25, -0.2) is 0 Å². The summed E-state index contributed by atoms with van der Waals surface area (Å²) in [7, 11) is 0. The first-order chi connectivity index (χ1) is 10.1. The first-order valence-electron chi connectivity index (χ1n) is 7.29. The molecule has 2 aromatic heterocycles. The molecule has 21 heavy (non-hydrogen) atoms. The van der Waals surface area contributed by atoms with Gasteiger partial charge in [-0.2, -0.15) is 5.10 Å². The Bertz CT molecular complexity index is 772. The van der Waals surface area contributed by atoms with Crippen molar-refractivity contribution in [2.75, 3.05) is 0 Å². The highest BCUT2D eigenvalue weighted by Gasteiger charge is 2.17. The largest absolute Gasteiger partial charge is 0.388 e. The number of aryl methyl sites for hydroxylation is 3. The Balaban J connectivity index is 1.96. The van der Waals surface area contributed by atoms with E-state index < -0.39 is 6.10 Å². The van der Waals surface area contributed by atoms with Crippen LogP contribution >= 0.6 is 11.3 Å². The molecule has 0 spiro atoms. The predicted molar refractivity (Wildman–Crippen MR) is 87.9 cm³/mol. The molecule has 3 aromatic rings. The summed E-state index contributed by atoms with van der Waals surface area (Å²) in [5.41, 5.74) is 3.15. The molecule has 4 heteroatoms. The quantitative estimate of drug-likeness (QED) is 0.790. The number of rotatable bonds is 4. The number of aliphatic hydroxyl groups excluding tert-OH is 1. The van der Waals surface area contributed by atoms with Crippen molar-refractivity contribution < 1.29 is 5.11 Å². The van der Waals surface area contributed by atoms with Crippen molar-refractivity contribution in [2.24, 2.45) is 0 Å². The van der Waals surface area contributed by atoms with Crippen LogP contribution in [0.2, 0.25) is 0 Å². The fourth-order valence-electron chi connectivity index (χ4n) is 2.86. The molecule has 0 fully saturated rings. The molecule has 0 aliphatic rings. The monoisotopic (exact) mass is 300 g/mol. The van der Waals surface area contributed by atoms with Crippen molar-refractivity contribution in [1.29, 1.82) is 0 Å². The molecule has 0 saturated carbocycles. The standard InChI is InChI=1S/C17H20N2OS/c1-4-19-16-8-6-5-7-13(16)15(18-19)10-17(20)14-9-11(2)21-12(14)3/h5-9,17,20H,4,10H2,1-3H3. The molecule has 3 nitrogen and oxygen atoms in total. The lowest BCUT2D eigenvalue weighted by Crippen LogP contribution is -2.04. The fraction of sp³-hybridized carbons (Fsp3) is 0.353. The molecule has 0 radical (unpaired) electrons. The van der Waals surface area contributed by atoms with Crippen molar-refractivity contribution >= 4 is 22.2 Å². The Morgan fingerprint density at radius 1 is 1.29 bits per heavy atom. The number of aliphatic hydroxyl groups is 1. The Morgan fingerprint density at radius 2 is 2.05 bits per heavy atom. The third-order valence-corrected chi connectivity index (χ3v) is 4.84. The van der Waals surface area contributed by atoms with E-state index in [1.807, 2.05) is 16.8 Å². The van der Waals surface area contributed by atoms with Gasteiger partial charge >= 0.3 is 0 Å². The molecule has 2 heterocycles. The zero-order chi connectivity index (χ0) is 15.0. The lowest BCUT2D eigenvalue weighted by molar-refractivity contribution is 0.177. The van der Waals surface area contributed by atoms with Crippen LogP contribution in [0.1, 0.15) is 34.0 Å². The summed E-state index contributed by atoms with van der Waals surface area (Å²) in [5.74, 6) is 0. The summed E-state index contributed by atoms with van der Waals surface area (Å²) in [6.45, 7) is 7.08. The van der Waals surface area contributed by atoms with E-state index in [2.05, 4.69) is 44.1 Å². The molecule has 110 valence electrons. The van der Waals surface area contributed by atoms with Gasteiger partial charge in [-0.05, 0) is 38.5 Å². The highest BCUT2D eigenvalue weighted by Crippen LogP contribution is 2.30. The Labute approximate surface area is 128 Å². The van der Waals surface area contributed by atoms with Gasteiger partial charge in [0.2, 0.25) is 0 Å². The molecule has 0 saturated heterocycles. The maximum atomic E-state index is 10.6. The Morgan fingerprint density at radius 3 is 2.71 bits per heavy atom. The molecule has 0 aliphatic carbocycles. The normalized spacial score (nSPS) is 13.0. The molecular weight excluding hydrogens is 280 g/mol. The van der Waals surface area contributed by atoms with Crippen molar-refractivity contribution in [2.45, 2.75) is 39.8 Å². The second-order valence-corrected chi connectivity index (χ2v) is 6.83. The number of thiophene rings is 1. The van der Waals surface area contributed by atoms with Crippen LogP contribution in [-0.2, 0) is 13.0 Å². The van der Waals surface area contributed by atoms with Gasteiger partial charge in [-0.15, -0.1) is 11.3 Å². The highest BCUT2D eigenvalue weighted by molar-refractivity contribution is 7.12. The lowest BCUT2D eigenvalue weighted by Gasteiger charge is -2.08. The number of aromatic nitrogens is 2. The molecule has 1 unspecified atom stereocenters. The first-order valence-corrected chi connectivity index (χ1v) is 8.11. The van der Waals surface area contributed by atoms with Crippen LogP contribution in [0.15, 0.2) is 30.3 Å². The topological polar surface area (TPSA) is 38.0 Å². The number of hydrogen-bond acceptors (Lipinski definition) is 3. The molecule has 1 N–H and O–H groups in total. The van der Waals surface area contributed by atoms with Crippen LogP contribution in [0.5, 0.6) is 0 Å². The molecular formula is C17H20N2OS. The van der Waals surface area contributed by atoms with Crippen LogP contribution in [0, 0.1) is 13.8 Å². The van der Waals surface area contributed by atoms with Gasteiger partial charge in [0.25, 0.3) is 0 Å². The smallest absolute Gasteiger partial charge is 0.0857 e. The van der Waals surface area contributed by atoms with E-state index in [1.54, 1.807) is 11.3 Å². The van der Waals surface area contributed by atoms with Crippen LogP contribution in [0.4, 0.5) is 0 Å². The van der Waals surface area contributed by atoms with E-state index in [-0.39, 0.29) is 0 Å². The summed E-state index contributed by atoms with van der Waals surface area (Å²) < 4.78 is 2.00. The van der Waals surface area contributed by atoms with E-state index in [0.29, 0.717) is 6.42 Å². The average Bonchev–Trinajstić information content (AvgIpc) is 2.99. The Kier molecular flexibility index (Phi) is 3.83. The zero-order valence-electron chi connectivity index (χ0n) is 12.6. The third-order valence-electron chi connectivity index (χ3n) is 3.86. The zero-order valence-corrected chi connectivity index (χ0v) is 13.4. The van der Waals surface area contributed by atoms with Gasteiger partial charge in [-0.1, -0.05) is 18.2 Å². The number of nitrogens with zero attached hydrogens (tertiary/aromatic N) is 2. The van der Waals surface area contributed by atoms with Crippen LogP contribution in [-0.4, -0.2) is 14.9 Å². The number of para-hydroxylation sites is 1. The summed E-state index contributed by atoms with van der Waals surface area (Å²) in [4.78, 5) is 2.43. The van der Waals surface area contributed by atoms with E-state index in [1.165, 1.54) is 9.75 Å². The van der Waals surface area contributed by atoms with Crippen molar-refractivity contribution in [3.63, 3.8) is 0 Å². The minimum Gasteiger partial charge on any atom is -0.388 e. The predicted octanol–water partition coefficient (Wildman–Crippen LogP) is 4.01. The molecule has 0 aliphatic heterocycles. The van der Waals surface area contributed by atoms with Crippen molar-refractivity contribution in [1.82, 2.24) is 9.78 Å². The lowest BCUT2D eigenvalue weighted by atomic mass is 10.0.